The van der Waals surface area contributed by atoms with Crippen molar-refractivity contribution in [2.75, 3.05) is 13.2 Å². The number of hydrogen-bond donors (Lipinski definition) is 1. The molecule has 2 aromatic carbocycles. The summed E-state index contributed by atoms with van der Waals surface area (Å²) in [6.07, 6.45) is 1.64. The van der Waals surface area contributed by atoms with Crippen molar-refractivity contribution < 1.29 is 19.3 Å². The van der Waals surface area contributed by atoms with Crippen molar-refractivity contribution >= 4 is 0 Å². The molecule has 3 rings (SSSR count). The summed E-state index contributed by atoms with van der Waals surface area (Å²) in [6.45, 7) is 7.30. The molecule has 1 heterocycles. The molecule has 3 atom stereocenters. The zero-order chi connectivity index (χ0) is 19.2. The number of aliphatic hydroxyl groups is 1. The Kier molecular flexibility index (Phi) is 6.45. The van der Waals surface area contributed by atoms with Crippen LogP contribution in [0.5, 0.6) is 0 Å². The first-order valence-electron chi connectivity index (χ1n) is 9.30. The van der Waals surface area contributed by atoms with E-state index in [9.17, 15) is 5.11 Å². The summed E-state index contributed by atoms with van der Waals surface area (Å²) in [4.78, 5) is 0. The molecule has 27 heavy (non-hydrogen) atoms. The van der Waals surface area contributed by atoms with Gasteiger partial charge in [0.15, 0.2) is 0 Å². The fourth-order valence-electron chi connectivity index (χ4n) is 3.23. The van der Waals surface area contributed by atoms with E-state index in [1.165, 1.54) is 6.08 Å². The summed E-state index contributed by atoms with van der Waals surface area (Å²) >= 11 is 0. The van der Waals surface area contributed by atoms with Crippen LogP contribution in [0.1, 0.15) is 24.5 Å². The highest BCUT2D eigenvalue weighted by Crippen LogP contribution is 2.34. The van der Waals surface area contributed by atoms with E-state index in [-0.39, 0.29) is 6.61 Å². The van der Waals surface area contributed by atoms with Gasteiger partial charge in [0.25, 0.3) is 0 Å². The Hall–Kier alpha value is -1.98. The highest BCUT2D eigenvalue weighted by molar-refractivity contribution is 5.15. The molecule has 0 bridgehead atoms. The van der Waals surface area contributed by atoms with Gasteiger partial charge >= 0.3 is 0 Å². The first-order chi connectivity index (χ1) is 13.0. The highest BCUT2D eigenvalue weighted by Gasteiger charge is 2.47. The van der Waals surface area contributed by atoms with Crippen molar-refractivity contribution in [2.45, 2.75) is 43.9 Å². The van der Waals surface area contributed by atoms with Crippen molar-refractivity contribution in [2.24, 2.45) is 0 Å². The lowest BCUT2D eigenvalue weighted by Gasteiger charge is -2.45. The van der Waals surface area contributed by atoms with Gasteiger partial charge in [-0.25, -0.2) is 0 Å². The quantitative estimate of drug-likeness (QED) is 0.718. The largest absolute Gasteiger partial charge is 0.381 e. The Bertz CT molecular complexity index is 718. The van der Waals surface area contributed by atoms with Crippen molar-refractivity contribution in [3.8, 4) is 0 Å². The predicted molar refractivity (Wildman–Crippen MR) is 105 cm³/mol. The third-order valence-electron chi connectivity index (χ3n) is 4.99. The van der Waals surface area contributed by atoms with E-state index < -0.39 is 17.3 Å². The lowest BCUT2D eigenvalue weighted by Crippen LogP contribution is -2.57. The van der Waals surface area contributed by atoms with Crippen LogP contribution >= 0.6 is 0 Å². The minimum absolute atomic E-state index is 0.140. The first-order valence-corrected chi connectivity index (χ1v) is 9.30. The van der Waals surface area contributed by atoms with Gasteiger partial charge in [-0.15, -0.1) is 6.58 Å². The standard InChI is InChI=1S/C23H28O4/c1-3-23(24)18-27-22(2,17-25-15-19-10-6-4-7-11-19)14-21(23)26-16-20-12-8-5-9-13-20/h3-13,21,24H,1,14-18H2,2H3/t21-,22+,23+/m1/s1. The third-order valence-corrected chi connectivity index (χ3v) is 4.99. The molecule has 2 aromatic rings. The molecule has 0 unspecified atom stereocenters. The van der Waals surface area contributed by atoms with Gasteiger partial charge in [-0.2, -0.15) is 0 Å². The van der Waals surface area contributed by atoms with Crippen LogP contribution in [0.25, 0.3) is 0 Å². The van der Waals surface area contributed by atoms with Crippen LogP contribution in [0.15, 0.2) is 73.3 Å². The average molecular weight is 368 g/mol. The summed E-state index contributed by atoms with van der Waals surface area (Å²) in [6, 6.07) is 20.0. The zero-order valence-electron chi connectivity index (χ0n) is 15.8. The fourth-order valence-corrected chi connectivity index (χ4v) is 3.23. The maximum atomic E-state index is 10.8. The molecule has 144 valence electrons. The maximum absolute atomic E-state index is 10.8. The molecule has 4 heteroatoms. The maximum Gasteiger partial charge on any atom is 0.132 e. The van der Waals surface area contributed by atoms with Crippen LogP contribution < -0.4 is 0 Å². The fraction of sp³-hybridized carbons (Fsp3) is 0.391. The topological polar surface area (TPSA) is 47.9 Å². The number of benzene rings is 2. The van der Waals surface area contributed by atoms with Gasteiger partial charge in [-0.05, 0) is 18.1 Å². The molecule has 1 N–H and O–H groups in total. The summed E-state index contributed by atoms with van der Waals surface area (Å²) in [5.74, 6) is 0. The summed E-state index contributed by atoms with van der Waals surface area (Å²) in [5, 5.41) is 10.8. The minimum Gasteiger partial charge on any atom is -0.381 e. The predicted octanol–water partition coefficient (Wildman–Crippen LogP) is 3.88. The smallest absolute Gasteiger partial charge is 0.132 e. The molecule has 1 aliphatic rings. The normalized spacial score (nSPS) is 28.0. The summed E-state index contributed by atoms with van der Waals surface area (Å²) in [7, 11) is 0. The number of rotatable bonds is 8. The van der Waals surface area contributed by atoms with Gasteiger partial charge in [0.05, 0.1) is 38.1 Å². The molecule has 0 saturated carbocycles. The Balaban J connectivity index is 1.59. The Morgan fingerprint density at radius 3 is 2.26 bits per heavy atom. The highest BCUT2D eigenvalue weighted by atomic mass is 16.6. The van der Waals surface area contributed by atoms with Crippen LogP contribution in [0.4, 0.5) is 0 Å². The SMILES string of the molecule is C=C[C@]1(O)CO[C@](C)(COCc2ccccc2)C[C@H]1OCc1ccccc1. The Morgan fingerprint density at radius 2 is 1.67 bits per heavy atom. The molecular formula is C23H28O4. The van der Waals surface area contributed by atoms with E-state index in [2.05, 4.69) is 6.58 Å². The van der Waals surface area contributed by atoms with Crippen LogP contribution in [0, 0.1) is 0 Å². The number of ether oxygens (including phenoxy) is 3. The van der Waals surface area contributed by atoms with E-state index in [0.29, 0.717) is 26.2 Å². The van der Waals surface area contributed by atoms with E-state index in [1.807, 2.05) is 67.6 Å². The summed E-state index contributed by atoms with van der Waals surface area (Å²) < 4.78 is 17.9. The third kappa shape index (κ3) is 5.27. The van der Waals surface area contributed by atoms with Crippen LogP contribution in [0.2, 0.25) is 0 Å². The van der Waals surface area contributed by atoms with Crippen molar-refractivity contribution in [1.29, 1.82) is 0 Å². The molecule has 1 fully saturated rings. The molecule has 0 aliphatic carbocycles. The lowest BCUT2D eigenvalue weighted by molar-refractivity contribution is -0.227. The molecule has 0 spiro atoms. The Morgan fingerprint density at radius 1 is 1.07 bits per heavy atom. The number of hydrogen-bond acceptors (Lipinski definition) is 4. The molecule has 0 aromatic heterocycles. The monoisotopic (exact) mass is 368 g/mol. The molecule has 0 radical (unpaired) electrons. The molecule has 1 aliphatic heterocycles. The van der Waals surface area contributed by atoms with E-state index in [0.717, 1.165) is 11.1 Å². The van der Waals surface area contributed by atoms with Gasteiger partial charge in [-0.1, -0.05) is 66.7 Å². The van der Waals surface area contributed by atoms with E-state index in [1.54, 1.807) is 0 Å². The molecule has 0 amide bonds. The second-order valence-electron chi connectivity index (χ2n) is 7.40. The summed E-state index contributed by atoms with van der Waals surface area (Å²) in [5.41, 5.74) is 0.466. The average Bonchev–Trinajstić information content (AvgIpc) is 2.70. The van der Waals surface area contributed by atoms with E-state index in [4.69, 9.17) is 14.2 Å². The van der Waals surface area contributed by atoms with Gasteiger partial charge in [0.2, 0.25) is 0 Å². The molecular weight excluding hydrogens is 340 g/mol. The second kappa shape index (κ2) is 8.81. The van der Waals surface area contributed by atoms with Crippen LogP contribution in [-0.2, 0) is 27.4 Å². The van der Waals surface area contributed by atoms with Crippen molar-refractivity contribution in [3.05, 3.63) is 84.4 Å². The molecule has 1 saturated heterocycles. The van der Waals surface area contributed by atoms with Gasteiger partial charge < -0.3 is 19.3 Å². The van der Waals surface area contributed by atoms with Gasteiger partial charge in [-0.3, -0.25) is 0 Å². The van der Waals surface area contributed by atoms with Crippen LogP contribution in [0.3, 0.4) is 0 Å². The van der Waals surface area contributed by atoms with Crippen molar-refractivity contribution in [3.63, 3.8) is 0 Å². The first kappa shape index (κ1) is 19.8. The zero-order valence-corrected chi connectivity index (χ0v) is 15.8. The van der Waals surface area contributed by atoms with Crippen LogP contribution in [-0.4, -0.2) is 35.6 Å². The van der Waals surface area contributed by atoms with Gasteiger partial charge in [0.1, 0.15) is 5.60 Å². The molecule has 4 nitrogen and oxygen atoms in total. The minimum atomic E-state index is -1.20. The lowest BCUT2D eigenvalue weighted by atomic mass is 9.84. The van der Waals surface area contributed by atoms with Gasteiger partial charge in [0, 0.05) is 6.42 Å². The van der Waals surface area contributed by atoms with Crippen molar-refractivity contribution in [1.82, 2.24) is 0 Å². The Labute approximate surface area is 161 Å². The second-order valence-corrected chi connectivity index (χ2v) is 7.40. The van der Waals surface area contributed by atoms with E-state index >= 15 is 0 Å².